The van der Waals surface area contributed by atoms with Crippen molar-refractivity contribution in [3.63, 3.8) is 0 Å². The van der Waals surface area contributed by atoms with Crippen LogP contribution in [0.3, 0.4) is 0 Å². The monoisotopic (exact) mass is 268 g/mol. The van der Waals surface area contributed by atoms with Gasteiger partial charge in [-0.2, -0.15) is 0 Å². The normalized spacial score (nSPS) is 10.3. The Morgan fingerprint density at radius 2 is 2.33 bits per heavy atom. The van der Waals surface area contributed by atoms with Crippen molar-refractivity contribution >= 4 is 21.7 Å². The lowest BCUT2D eigenvalue weighted by molar-refractivity contribution is 0.397. The van der Waals surface area contributed by atoms with Crippen molar-refractivity contribution < 1.29 is 4.74 Å². The van der Waals surface area contributed by atoms with Crippen LogP contribution >= 0.6 is 15.9 Å². The van der Waals surface area contributed by atoms with Gasteiger partial charge in [0.25, 0.3) is 0 Å². The quantitative estimate of drug-likeness (QED) is 0.899. The lowest BCUT2D eigenvalue weighted by atomic mass is 10.4. The molecule has 2 N–H and O–H groups in total. The minimum atomic E-state index is 0.450. The van der Waals surface area contributed by atoms with Gasteiger partial charge in [0.1, 0.15) is 0 Å². The van der Waals surface area contributed by atoms with Crippen LogP contribution in [0, 0.1) is 0 Å². The second kappa shape index (κ2) is 3.90. The zero-order chi connectivity index (χ0) is 10.8. The third-order valence-electron chi connectivity index (χ3n) is 1.89. The molecule has 0 unspecified atom stereocenters. The number of pyridine rings is 1. The Labute approximate surface area is 95.0 Å². The largest absolute Gasteiger partial charge is 0.481 e. The van der Waals surface area contributed by atoms with Crippen molar-refractivity contribution in [2.75, 3.05) is 12.8 Å². The third kappa shape index (κ3) is 1.94. The highest BCUT2D eigenvalue weighted by atomic mass is 79.9. The van der Waals surface area contributed by atoms with Crippen molar-refractivity contribution in [3.8, 4) is 11.6 Å². The molecule has 0 aliphatic heterocycles. The lowest BCUT2D eigenvalue weighted by Crippen LogP contribution is -1.97. The molecule has 0 fully saturated rings. The Morgan fingerprint density at radius 1 is 1.53 bits per heavy atom. The molecule has 2 aromatic rings. The maximum absolute atomic E-state index is 5.62. The van der Waals surface area contributed by atoms with Gasteiger partial charge >= 0.3 is 0 Å². The number of hydrogen-bond donors (Lipinski definition) is 1. The summed E-state index contributed by atoms with van der Waals surface area (Å²) in [4.78, 5) is 4.01. The Balaban J connectivity index is 2.44. The van der Waals surface area contributed by atoms with Crippen LogP contribution in [0.5, 0.6) is 5.88 Å². The molecular formula is C9H9BrN4O. The van der Waals surface area contributed by atoms with Gasteiger partial charge in [0.05, 0.1) is 17.3 Å². The average molecular weight is 269 g/mol. The van der Waals surface area contributed by atoms with Crippen molar-refractivity contribution in [2.45, 2.75) is 0 Å². The summed E-state index contributed by atoms with van der Waals surface area (Å²) >= 11 is 3.29. The number of nitrogen functional groups attached to an aromatic ring is 1. The maximum atomic E-state index is 5.62. The van der Waals surface area contributed by atoms with Gasteiger partial charge in [-0.1, -0.05) is 0 Å². The van der Waals surface area contributed by atoms with Crippen molar-refractivity contribution in [1.82, 2.24) is 14.8 Å². The van der Waals surface area contributed by atoms with E-state index >= 15 is 0 Å². The van der Waals surface area contributed by atoms with E-state index < -0.39 is 0 Å². The minimum absolute atomic E-state index is 0.450. The highest BCUT2D eigenvalue weighted by Gasteiger charge is 2.05. The predicted octanol–water partition coefficient (Wildman–Crippen LogP) is 1.62. The van der Waals surface area contributed by atoms with Crippen LogP contribution in [-0.2, 0) is 0 Å². The van der Waals surface area contributed by atoms with Gasteiger partial charge in [0, 0.05) is 18.5 Å². The summed E-state index contributed by atoms with van der Waals surface area (Å²) in [6.45, 7) is 0. The third-order valence-corrected chi connectivity index (χ3v) is 2.50. The molecule has 0 atom stereocenters. The van der Waals surface area contributed by atoms with Crippen molar-refractivity contribution in [2.24, 2.45) is 0 Å². The number of nitrogens with zero attached hydrogens (tertiary/aromatic N) is 3. The number of rotatable bonds is 2. The molecule has 5 nitrogen and oxygen atoms in total. The number of anilines is 1. The van der Waals surface area contributed by atoms with Crippen LogP contribution in [0.15, 0.2) is 29.0 Å². The second-order valence-corrected chi connectivity index (χ2v) is 3.72. The second-order valence-electron chi connectivity index (χ2n) is 2.86. The molecular weight excluding hydrogens is 260 g/mol. The molecule has 0 saturated carbocycles. The smallest absolute Gasteiger partial charge is 0.215 e. The summed E-state index contributed by atoms with van der Waals surface area (Å²) in [5.74, 6) is 0.989. The molecule has 0 aromatic carbocycles. The predicted molar refractivity (Wildman–Crippen MR) is 60.0 cm³/mol. The fourth-order valence-electron chi connectivity index (χ4n) is 1.15. The van der Waals surface area contributed by atoms with Crippen LogP contribution in [0.4, 0.5) is 5.82 Å². The lowest BCUT2D eigenvalue weighted by Gasteiger charge is -2.02. The number of aromatic nitrogens is 3. The Bertz CT molecular complexity index is 463. The number of methoxy groups -OCH3 is 1. The SMILES string of the molecule is COc1cc(-n2cc(Br)c(N)n2)ccn1. The summed E-state index contributed by atoms with van der Waals surface area (Å²) in [5.41, 5.74) is 6.47. The molecule has 6 heteroatoms. The van der Waals surface area contributed by atoms with Gasteiger partial charge in [-0.05, 0) is 22.0 Å². The van der Waals surface area contributed by atoms with Gasteiger partial charge in [0.15, 0.2) is 5.82 Å². The van der Waals surface area contributed by atoms with E-state index in [-0.39, 0.29) is 0 Å². The van der Waals surface area contributed by atoms with Crippen LogP contribution in [0.25, 0.3) is 5.69 Å². The number of nitrogens with two attached hydrogens (primary N) is 1. The highest BCUT2D eigenvalue weighted by molar-refractivity contribution is 9.10. The van der Waals surface area contributed by atoms with E-state index in [1.165, 1.54) is 0 Å². The van der Waals surface area contributed by atoms with Crippen molar-refractivity contribution in [3.05, 3.63) is 29.0 Å². The van der Waals surface area contributed by atoms with Crippen LogP contribution < -0.4 is 10.5 Å². The zero-order valence-electron chi connectivity index (χ0n) is 8.01. The van der Waals surface area contributed by atoms with E-state index in [0.717, 1.165) is 10.2 Å². The van der Waals surface area contributed by atoms with Crippen molar-refractivity contribution in [1.29, 1.82) is 0 Å². The molecule has 0 bridgehead atoms. The average Bonchev–Trinajstić information content (AvgIpc) is 2.59. The summed E-state index contributed by atoms with van der Waals surface area (Å²) < 4.78 is 7.44. The Kier molecular flexibility index (Phi) is 2.59. The maximum Gasteiger partial charge on any atom is 0.215 e. The first-order chi connectivity index (χ1) is 7.20. The van der Waals surface area contributed by atoms with Crippen LogP contribution in [-0.4, -0.2) is 21.9 Å². The Morgan fingerprint density at radius 3 is 2.93 bits per heavy atom. The fourth-order valence-corrected chi connectivity index (χ4v) is 1.42. The number of ether oxygens (including phenoxy) is 1. The summed E-state index contributed by atoms with van der Waals surface area (Å²) in [6.07, 6.45) is 3.43. The molecule has 0 radical (unpaired) electrons. The molecule has 2 rings (SSSR count). The van der Waals surface area contributed by atoms with Gasteiger partial charge in [-0.15, -0.1) is 5.10 Å². The molecule has 2 aromatic heterocycles. The van der Waals surface area contributed by atoms with E-state index in [1.54, 1.807) is 30.3 Å². The highest BCUT2D eigenvalue weighted by Crippen LogP contribution is 2.20. The van der Waals surface area contributed by atoms with E-state index in [4.69, 9.17) is 10.5 Å². The topological polar surface area (TPSA) is 66.0 Å². The molecule has 0 aliphatic rings. The first-order valence-corrected chi connectivity index (χ1v) is 5.01. The molecule has 2 heterocycles. The number of halogens is 1. The first kappa shape index (κ1) is 9.97. The van der Waals surface area contributed by atoms with E-state index in [2.05, 4.69) is 26.0 Å². The Hall–Kier alpha value is -1.56. The van der Waals surface area contributed by atoms with Crippen LogP contribution in [0.1, 0.15) is 0 Å². The molecule has 0 saturated heterocycles. The fraction of sp³-hybridized carbons (Fsp3) is 0.111. The molecule has 0 spiro atoms. The number of hydrogen-bond acceptors (Lipinski definition) is 4. The first-order valence-electron chi connectivity index (χ1n) is 4.22. The van der Waals surface area contributed by atoms with E-state index in [0.29, 0.717) is 11.7 Å². The standard InChI is InChI=1S/C9H9BrN4O/c1-15-8-4-6(2-3-12-8)14-5-7(10)9(11)13-14/h2-5H,1H3,(H2,11,13). The summed E-state index contributed by atoms with van der Waals surface area (Å²) in [7, 11) is 1.57. The van der Waals surface area contributed by atoms with Gasteiger partial charge < -0.3 is 10.5 Å². The molecule has 15 heavy (non-hydrogen) atoms. The van der Waals surface area contributed by atoms with Gasteiger partial charge in [-0.25, -0.2) is 9.67 Å². The van der Waals surface area contributed by atoms with E-state index in [1.807, 2.05) is 6.07 Å². The summed E-state index contributed by atoms with van der Waals surface area (Å²) in [6, 6.07) is 3.60. The van der Waals surface area contributed by atoms with Gasteiger partial charge in [-0.3, -0.25) is 0 Å². The van der Waals surface area contributed by atoms with Gasteiger partial charge in [0.2, 0.25) is 5.88 Å². The van der Waals surface area contributed by atoms with Crippen LogP contribution in [0.2, 0.25) is 0 Å². The van der Waals surface area contributed by atoms with E-state index in [9.17, 15) is 0 Å². The minimum Gasteiger partial charge on any atom is -0.481 e. The summed E-state index contributed by atoms with van der Waals surface area (Å²) in [5, 5.41) is 4.12. The molecule has 0 amide bonds. The molecule has 0 aliphatic carbocycles. The zero-order valence-corrected chi connectivity index (χ0v) is 9.60. The molecule has 78 valence electrons.